The van der Waals surface area contributed by atoms with Crippen LogP contribution in [0.15, 0.2) is 30.3 Å². The van der Waals surface area contributed by atoms with Crippen molar-refractivity contribution in [3.05, 3.63) is 51.2 Å². The van der Waals surface area contributed by atoms with E-state index in [1.807, 2.05) is 0 Å². The molecule has 2 aromatic rings. The number of aromatic nitrogens is 2. The largest absolute Gasteiger partial charge is 0.465 e. The average Bonchev–Trinajstić information content (AvgIpc) is 2.56. The molecule has 1 aromatic carbocycles. The third-order valence-corrected chi connectivity index (χ3v) is 3.48. The van der Waals surface area contributed by atoms with Crippen molar-refractivity contribution in [2.24, 2.45) is 0 Å². The number of non-ortho nitro benzene ring substituents is 1. The number of hydrogen-bond acceptors (Lipinski definition) is 6. The van der Waals surface area contributed by atoms with Gasteiger partial charge in [0.15, 0.2) is 5.15 Å². The number of nitrogens with zero attached hydrogens (tertiary/aromatic N) is 3. The van der Waals surface area contributed by atoms with Gasteiger partial charge in [-0.2, -0.15) is 0 Å². The van der Waals surface area contributed by atoms with Gasteiger partial charge >= 0.3 is 6.09 Å². The number of carboxylic acid groups (broad SMARTS) is 1. The Morgan fingerprint density at radius 3 is 2.80 bits per heavy atom. The first kappa shape index (κ1) is 18.1. The summed E-state index contributed by atoms with van der Waals surface area (Å²) in [5.41, 5.74) is 7.43. The fourth-order valence-electron chi connectivity index (χ4n) is 2.01. The molecule has 0 aliphatic heterocycles. The average molecular weight is 364 g/mol. The molecular weight excluding hydrogens is 350 g/mol. The van der Waals surface area contributed by atoms with Gasteiger partial charge in [0.25, 0.3) is 5.69 Å². The lowest BCUT2D eigenvalue weighted by atomic mass is 10.1. The summed E-state index contributed by atoms with van der Waals surface area (Å²) in [5, 5.41) is 29.5. The Hall–Kier alpha value is -3.20. The van der Waals surface area contributed by atoms with Crippen molar-refractivity contribution in [3.63, 3.8) is 0 Å². The van der Waals surface area contributed by atoms with E-state index in [0.29, 0.717) is 23.2 Å². The van der Waals surface area contributed by atoms with E-state index in [1.165, 1.54) is 18.2 Å². The van der Waals surface area contributed by atoms with Crippen LogP contribution in [0.3, 0.4) is 0 Å². The van der Waals surface area contributed by atoms with Crippen molar-refractivity contribution < 1.29 is 14.8 Å². The van der Waals surface area contributed by atoms with E-state index in [2.05, 4.69) is 15.5 Å². The lowest BCUT2D eigenvalue weighted by molar-refractivity contribution is -0.384. The van der Waals surface area contributed by atoms with Gasteiger partial charge in [-0.15, -0.1) is 10.2 Å². The van der Waals surface area contributed by atoms with Crippen LogP contribution in [-0.4, -0.2) is 32.9 Å². The molecule has 1 amide bonds. The summed E-state index contributed by atoms with van der Waals surface area (Å²) >= 11 is 6.00. The van der Waals surface area contributed by atoms with Gasteiger partial charge in [0.05, 0.1) is 10.6 Å². The monoisotopic (exact) mass is 363 g/mol. The van der Waals surface area contributed by atoms with Crippen LogP contribution in [0.5, 0.6) is 0 Å². The molecule has 130 valence electrons. The summed E-state index contributed by atoms with van der Waals surface area (Å²) in [6.07, 6.45) is 2.81. The summed E-state index contributed by atoms with van der Waals surface area (Å²) in [6.45, 7) is 0.268. The van der Waals surface area contributed by atoms with Crippen molar-refractivity contribution >= 4 is 35.1 Å². The molecule has 0 aliphatic carbocycles. The van der Waals surface area contributed by atoms with Gasteiger partial charge < -0.3 is 16.2 Å². The molecule has 0 fully saturated rings. The highest BCUT2D eigenvalue weighted by molar-refractivity contribution is 6.30. The lowest BCUT2D eigenvalue weighted by Crippen LogP contribution is -2.21. The first-order valence-electron chi connectivity index (χ1n) is 7.09. The Morgan fingerprint density at radius 2 is 2.16 bits per heavy atom. The zero-order valence-corrected chi connectivity index (χ0v) is 13.6. The summed E-state index contributed by atoms with van der Waals surface area (Å²) in [5.74, 6) is 0. The van der Waals surface area contributed by atoms with Gasteiger partial charge in [-0.3, -0.25) is 10.1 Å². The molecule has 0 aliphatic rings. The fraction of sp³-hybridized carbons (Fsp3) is 0.133. The highest BCUT2D eigenvalue weighted by atomic mass is 35.5. The van der Waals surface area contributed by atoms with E-state index >= 15 is 0 Å². The highest BCUT2D eigenvalue weighted by Crippen LogP contribution is 2.29. The Labute approximate surface area is 147 Å². The van der Waals surface area contributed by atoms with Gasteiger partial charge in [-0.1, -0.05) is 23.8 Å². The highest BCUT2D eigenvalue weighted by Gasteiger charge is 2.12. The molecule has 10 heteroatoms. The SMILES string of the molecule is Nc1cc([N+](=O)[O-])ccc1-c1cc(C=CCCNC(=O)O)c(Cl)nn1. The number of nitro benzene ring substituents is 1. The standard InChI is InChI=1S/C15H14ClN5O4/c16-14-9(3-1-2-6-18-15(22)23)7-13(19-20-14)11-5-4-10(21(24)25)8-12(11)17/h1,3-5,7-8,18H,2,6,17H2,(H,22,23). The molecule has 4 N–H and O–H groups in total. The number of rotatable bonds is 6. The number of anilines is 1. The number of nitrogens with one attached hydrogen (secondary N) is 1. The van der Waals surface area contributed by atoms with Gasteiger partial charge in [-0.25, -0.2) is 4.79 Å². The molecule has 1 heterocycles. The second kappa shape index (κ2) is 8.06. The summed E-state index contributed by atoms with van der Waals surface area (Å²) in [7, 11) is 0. The van der Waals surface area contributed by atoms with Gasteiger partial charge in [0, 0.05) is 35.5 Å². The molecule has 1 aromatic heterocycles. The molecule has 0 saturated heterocycles. The van der Waals surface area contributed by atoms with Crippen LogP contribution in [0, 0.1) is 10.1 Å². The molecule has 0 bridgehead atoms. The minimum atomic E-state index is -1.09. The second-order valence-electron chi connectivity index (χ2n) is 4.93. The Bertz CT molecular complexity index is 841. The maximum absolute atomic E-state index is 10.8. The van der Waals surface area contributed by atoms with E-state index in [9.17, 15) is 14.9 Å². The molecular formula is C15H14ClN5O4. The van der Waals surface area contributed by atoms with Gasteiger partial charge in [-0.05, 0) is 18.6 Å². The lowest BCUT2D eigenvalue weighted by Gasteiger charge is -2.06. The Morgan fingerprint density at radius 1 is 1.40 bits per heavy atom. The first-order chi connectivity index (χ1) is 11.9. The topological polar surface area (TPSA) is 144 Å². The predicted molar refractivity (Wildman–Crippen MR) is 93.2 cm³/mol. The number of nitrogens with two attached hydrogens (primary N) is 1. The minimum Gasteiger partial charge on any atom is -0.465 e. The zero-order chi connectivity index (χ0) is 18.4. The third-order valence-electron chi connectivity index (χ3n) is 3.18. The van der Waals surface area contributed by atoms with E-state index in [0.717, 1.165) is 0 Å². The normalized spacial score (nSPS) is 10.8. The fourth-order valence-corrected chi connectivity index (χ4v) is 2.16. The van der Waals surface area contributed by atoms with Crippen molar-refractivity contribution in [1.29, 1.82) is 0 Å². The first-order valence-corrected chi connectivity index (χ1v) is 7.47. The van der Waals surface area contributed by atoms with Crippen LogP contribution in [0.4, 0.5) is 16.2 Å². The Kier molecular flexibility index (Phi) is 5.85. The third kappa shape index (κ3) is 4.88. The smallest absolute Gasteiger partial charge is 0.404 e. The van der Waals surface area contributed by atoms with Crippen molar-refractivity contribution in [2.75, 3.05) is 12.3 Å². The van der Waals surface area contributed by atoms with Crippen LogP contribution < -0.4 is 11.1 Å². The van der Waals surface area contributed by atoms with Gasteiger partial charge in [0.2, 0.25) is 0 Å². The van der Waals surface area contributed by atoms with Crippen LogP contribution in [-0.2, 0) is 0 Å². The molecule has 0 atom stereocenters. The summed E-state index contributed by atoms with van der Waals surface area (Å²) in [6, 6.07) is 5.72. The quantitative estimate of drug-likeness (QED) is 0.309. The predicted octanol–water partition coefficient (Wildman–Crippen LogP) is 2.96. The van der Waals surface area contributed by atoms with Crippen LogP contribution in [0.2, 0.25) is 5.15 Å². The van der Waals surface area contributed by atoms with Crippen molar-refractivity contribution in [2.45, 2.75) is 6.42 Å². The molecule has 0 spiro atoms. The number of amides is 1. The molecule has 0 unspecified atom stereocenters. The maximum Gasteiger partial charge on any atom is 0.404 e. The van der Waals surface area contributed by atoms with E-state index in [1.54, 1.807) is 18.2 Å². The van der Waals surface area contributed by atoms with Crippen molar-refractivity contribution in [1.82, 2.24) is 15.5 Å². The maximum atomic E-state index is 10.8. The summed E-state index contributed by atoms with van der Waals surface area (Å²) in [4.78, 5) is 20.6. The molecule has 2 rings (SSSR count). The van der Waals surface area contributed by atoms with Crippen LogP contribution >= 0.6 is 11.6 Å². The van der Waals surface area contributed by atoms with E-state index in [4.69, 9.17) is 22.4 Å². The van der Waals surface area contributed by atoms with E-state index in [-0.39, 0.29) is 23.1 Å². The van der Waals surface area contributed by atoms with Gasteiger partial charge in [0.1, 0.15) is 0 Å². The Balaban J connectivity index is 2.22. The number of carbonyl (C=O) groups is 1. The zero-order valence-electron chi connectivity index (χ0n) is 12.8. The second-order valence-corrected chi connectivity index (χ2v) is 5.29. The number of hydrogen-bond donors (Lipinski definition) is 3. The molecule has 9 nitrogen and oxygen atoms in total. The van der Waals surface area contributed by atoms with Crippen LogP contribution in [0.25, 0.3) is 17.3 Å². The summed E-state index contributed by atoms with van der Waals surface area (Å²) < 4.78 is 0. The molecule has 25 heavy (non-hydrogen) atoms. The van der Waals surface area contributed by atoms with Crippen LogP contribution in [0.1, 0.15) is 12.0 Å². The van der Waals surface area contributed by atoms with E-state index < -0.39 is 11.0 Å². The number of halogens is 1. The number of nitro groups is 1. The number of nitrogen functional groups attached to an aromatic ring is 1. The molecule has 0 saturated carbocycles. The number of benzene rings is 1. The van der Waals surface area contributed by atoms with Crippen molar-refractivity contribution in [3.8, 4) is 11.3 Å². The minimum absolute atomic E-state index is 0.116. The molecule has 0 radical (unpaired) electrons.